The van der Waals surface area contributed by atoms with Crippen LogP contribution in [0, 0.1) is 17.0 Å². The maximum atomic E-state index is 10.9. The molecule has 0 aliphatic rings. The van der Waals surface area contributed by atoms with Gasteiger partial charge in [0, 0.05) is 37.2 Å². The molecule has 0 radical (unpaired) electrons. The van der Waals surface area contributed by atoms with Crippen LogP contribution in [0.3, 0.4) is 0 Å². The number of non-ortho nitro benzene ring substituents is 1. The van der Waals surface area contributed by atoms with Crippen molar-refractivity contribution in [2.75, 3.05) is 24.4 Å². The summed E-state index contributed by atoms with van der Waals surface area (Å²) in [5.74, 6) is 0.355. The Kier molecular flexibility index (Phi) is 6.12. The van der Waals surface area contributed by atoms with Crippen molar-refractivity contribution in [1.82, 2.24) is 15.0 Å². The van der Waals surface area contributed by atoms with Crippen molar-refractivity contribution in [3.8, 4) is 10.6 Å². The van der Waals surface area contributed by atoms with Crippen LogP contribution in [-0.2, 0) is 4.74 Å². The topological polar surface area (TPSA) is 115 Å². The number of anilines is 3. The zero-order chi connectivity index (χ0) is 20.1. The van der Waals surface area contributed by atoms with Gasteiger partial charge in [0.1, 0.15) is 0 Å². The molecule has 0 spiro atoms. The van der Waals surface area contributed by atoms with Crippen molar-refractivity contribution in [3.05, 3.63) is 52.3 Å². The fraction of sp³-hybridized carbons (Fsp3) is 0.278. The lowest BCUT2D eigenvalue weighted by Gasteiger charge is -2.10. The van der Waals surface area contributed by atoms with E-state index in [4.69, 9.17) is 4.74 Å². The van der Waals surface area contributed by atoms with Gasteiger partial charge in [0.15, 0.2) is 5.13 Å². The summed E-state index contributed by atoms with van der Waals surface area (Å²) >= 11 is 1.50. The first kappa shape index (κ1) is 19.6. The van der Waals surface area contributed by atoms with E-state index >= 15 is 0 Å². The lowest BCUT2D eigenvalue weighted by atomic mass is 10.3. The first-order valence-corrected chi connectivity index (χ1v) is 9.35. The Bertz CT molecular complexity index is 977. The number of nitro groups is 1. The first-order valence-electron chi connectivity index (χ1n) is 8.54. The molecule has 3 rings (SSSR count). The number of nitrogens with zero attached hydrogens (tertiary/aromatic N) is 4. The molecule has 0 fully saturated rings. The first-order chi connectivity index (χ1) is 13.5. The molecule has 10 heteroatoms. The molecule has 1 atom stereocenters. The normalized spacial score (nSPS) is 11.8. The van der Waals surface area contributed by atoms with Crippen molar-refractivity contribution in [1.29, 1.82) is 0 Å². The van der Waals surface area contributed by atoms with Crippen molar-refractivity contribution in [3.63, 3.8) is 0 Å². The Morgan fingerprint density at radius 3 is 2.89 bits per heavy atom. The molecule has 1 aromatic carbocycles. The zero-order valence-electron chi connectivity index (χ0n) is 15.7. The SMILES string of the molecule is COCC(C)Nc1nc(C)c(-c2ccnc(Nc3cccc([N+](=O)[O-])c3)n2)s1. The number of benzene rings is 1. The van der Waals surface area contributed by atoms with Crippen molar-refractivity contribution in [2.45, 2.75) is 19.9 Å². The molecule has 2 heterocycles. The molecule has 146 valence electrons. The van der Waals surface area contributed by atoms with Crippen molar-refractivity contribution < 1.29 is 9.66 Å². The van der Waals surface area contributed by atoms with Gasteiger partial charge in [-0.2, -0.15) is 0 Å². The van der Waals surface area contributed by atoms with Crippen LogP contribution in [-0.4, -0.2) is 39.6 Å². The monoisotopic (exact) mass is 400 g/mol. The lowest BCUT2D eigenvalue weighted by Crippen LogP contribution is -2.20. The van der Waals surface area contributed by atoms with E-state index in [-0.39, 0.29) is 11.7 Å². The van der Waals surface area contributed by atoms with Crippen LogP contribution in [0.25, 0.3) is 10.6 Å². The molecule has 28 heavy (non-hydrogen) atoms. The summed E-state index contributed by atoms with van der Waals surface area (Å²) in [4.78, 5) is 24.7. The number of rotatable bonds is 8. The lowest BCUT2D eigenvalue weighted by molar-refractivity contribution is -0.384. The van der Waals surface area contributed by atoms with Gasteiger partial charge in [-0.15, -0.1) is 0 Å². The van der Waals surface area contributed by atoms with Crippen molar-refractivity contribution >= 4 is 33.8 Å². The van der Waals surface area contributed by atoms with Crippen LogP contribution in [0.15, 0.2) is 36.5 Å². The Morgan fingerprint density at radius 2 is 2.14 bits per heavy atom. The molecule has 9 nitrogen and oxygen atoms in total. The largest absolute Gasteiger partial charge is 0.383 e. The minimum atomic E-state index is -0.442. The van der Waals surface area contributed by atoms with E-state index in [9.17, 15) is 10.1 Å². The summed E-state index contributed by atoms with van der Waals surface area (Å²) in [6, 6.07) is 8.15. The number of nitrogens with one attached hydrogen (secondary N) is 2. The van der Waals surface area contributed by atoms with E-state index < -0.39 is 4.92 Å². The van der Waals surface area contributed by atoms with Gasteiger partial charge in [-0.1, -0.05) is 17.4 Å². The Hall–Kier alpha value is -3.11. The van der Waals surface area contributed by atoms with E-state index in [2.05, 4.69) is 25.6 Å². The summed E-state index contributed by atoms with van der Waals surface area (Å²) in [6.45, 7) is 4.53. The molecule has 0 aliphatic carbocycles. The number of methoxy groups -OCH3 is 1. The second-order valence-electron chi connectivity index (χ2n) is 6.13. The predicted octanol–water partition coefficient (Wildman–Crippen LogP) is 4.01. The number of aryl methyl sites for hydroxylation is 1. The number of hydrogen-bond donors (Lipinski definition) is 2. The van der Waals surface area contributed by atoms with Crippen LogP contribution >= 0.6 is 11.3 Å². The molecule has 0 bridgehead atoms. The summed E-state index contributed by atoms with van der Waals surface area (Å²) in [5, 5.41) is 18.0. The number of thiazole rings is 1. The second kappa shape index (κ2) is 8.72. The quantitative estimate of drug-likeness (QED) is 0.430. The average molecular weight is 400 g/mol. The fourth-order valence-corrected chi connectivity index (χ4v) is 3.62. The van der Waals surface area contributed by atoms with Crippen LogP contribution in [0.4, 0.5) is 22.5 Å². The summed E-state index contributed by atoms with van der Waals surface area (Å²) in [7, 11) is 1.66. The number of hydrogen-bond acceptors (Lipinski definition) is 9. The van der Waals surface area contributed by atoms with Crippen LogP contribution < -0.4 is 10.6 Å². The van der Waals surface area contributed by atoms with E-state index in [0.29, 0.717) is 18.2 Å². The van der Waals surface area contributed by atoms with Crippen LogP contribution in [0.5, 0.6) is 0 Å². The van der Waals surface area contributed by atoms with E-state index in [1.807, 2.05) is 19.9 Å². The van der Waals surface area contributed by atoms with Gasteiger partial charge in [-0.05, 0) is 26.0 Å². The Morgan fingerprint density at radius 1 is 1.32 bits per heavy atom. The van der Waals surface area contributed by atoms with Gasteiger partial charge < -0.3 is 15.4 Å². The van der Waals surface area contributed by atoms with Crippen LogP contribution in [0.2, 0.25) is 0 Å². The minimum absolute atomic E-state index is 0.000325. The molecular formula is C18H20N6O3S. The molecule has 0 saturated heterocycles. The summed E-state index contributed by atoms with van der Waals surface area (Å²) < 4.78 is 5.14. The molecule has 2 aromatic heterocycles. The van der Waals surface area contributed by atoms with E-state index in [1.54, 1.807) is 25.4 Å². The highest BCUT2D eigenvalue weighted by atomic mass is 32.1. The molecule has 0 aliphatic heterocycles. The fourth-order valence-electron chi connectivity index (χ4n) is 2.57. The van der Waals surface area contributed by atoms with Gasteiger partial charge in [0.25, 0.3) is 5.69 Å². The third-order valence-corrected chi connectivity index (χ3v) is 4.90. The smallest absolute Gasteiger partial charge is 0.271 e. The molecule has 2 N–H and O–H groups in total. The van der Waals surface area contributed by atoms with Gasteiger partial charge in [-0.25, -0.2) is 15.0 Å². The third kappa shape index (κ3) is 4.78. The predicted molar refractivity (Wildman–Crippen MR) is 109 cm³/mol. The molecule has 0 amide bonds. The highest BCUT2D eigenvalue weighted by Gasteiger charge is 2.14. The van der Waals surface area contributed by atoms with Gasteiger partial charge >= 0.3 is 0 Å². The maximum absolute atomic E-state index is 10.9. The summed E-state index contributed by atoms with van der Waals surface area (Å²) in [5.41, 5.74) is 2.13. The van der Waals surface area contributed by atoms with Gasteiger partial charge in [-0.3, -0.25) is 10.1 Å². The molecular weight excluding hydrogens is 380 g/mol. The average Bonchev–Trinajstić information content (AvgIpc) is 3.02. The highest BCUT2D eigenvalue weighted by molar-refractivity contribution is 7.19. The van der Waals surface area contributed by atoms with Gasteiger partial charge in [0.05, 0.1) is 27.8 Å². The minimum Gasteiger partial charge on any atom is -0.383 e. The van der Waals surface area contributed by atoms with Gasteiger partial charge in [0.2, 0.25) is 5.95 Å². The van der Waals surface area contributed by atoms with Crippen LogP contribution in [0.1, 0.15) is 12.6 Å². The van der Waals surface area contributed by atoms with E-state index in [0.717, 1.165) is 21.4 Å². The standard InChI is InChI=1S/C18H20N6O3S/c1-11(10-27-3)20-18-21-12(2)16(28-18)15-7-8-19-17(23-15)22-13-5-4-6-14(9-13)24(25)26/h4-9,11H,10H2,1-3H3,(H,20,21)(H,19,22,23). The number of ether oxygens (including phenoxy) is 1. The van der Waals surface area contributed by atoms with Crippen molar-refractivity contribution in [2.24, 2.45) is 0 Å². The zero-order valence-corrected chi connectivity index (χ0v) is 16.5. The summed E-state index contributed by atoms with van der Waals surface area (Å²) in [6.07, 6.45) is 1.64. The molecule has 3 aromatic rings. The molecule has 1 unspecified atom stereocenters. The Balaban J connectivity index is 1.81. The number of aromatic nitrogens is 3. The molecule has 0 saturated carbocycles. The highest BCUT2D eigenvalue weighted by Crippen LogP contribution is 2.32. The Labute approximate surface area is 166 Å². The van der Waals surface area contributed by atoms with E-state index in [1.165, 1.54) is 23.5 Å². The second-order valence-corrected chi connectivity index (χ2v) is 7.13. The maximum Gasteiger partial charge on any atom is 0.271 e. The number of nitro benzene ring substituents is 1. The third-order valence-electron chi connectivity index (χ3n) is 3.78.